The van der Waals surface area contributed by atoms with Crippen LogP contribution in [0, 0.1) is 0 Å². The Kier molecular flexibility index (Phi) is 6.72. The molecule has 0 aliphatic carbocycles. The molecule has 0 fully saturated rings. The van der Waals surface area contributed by atoms with Crippen LogP contribution in [-0.2, 0) is 4.74 Å². The highest BCUT2D eigenvalue weighted by molar-refractivity contribution is 5.15. The van der Waals surface area contributed by atoms with Crippen molar-refractivity contribution in [3.63, 3.8) is 0 Å². The maximum atomic E-state index is 5.88. The van der Waals surface area contributed by atoms with Gasteiger partial charge in [-0.1, -0.05) is 24.3 Å². The van der Waals surface area contributed by atoms with Crippen molar-refractivity contribution in [3.8, 4) is 0 Å². The molecule has 0 aromatic heterocycles. The van der Waals surface area contributed by atoms with Gasteiger partial charge in [0, 0.05) is 0 Å². The van der Waals surface area contributed by atoms with Crippen molar-refractivity contribution in [2.45, 2.75) is 39.9 Å². The molecule has 1 heteroatoms. The molecule has 0 rings (SSSR count). The molecule has 0 N–H and O–H groups in total. The predicted octanol–water partition coefficient (Wildman–Crippen LogP) is 4.04. The van der Waals surface area contributed by atoms with Crippen molar-refractivity contribution >= 4 is 0 Å². The Balaban J connectivity index is 4.65. The molecule has 0 saturated carbocycles. The fourth-order valence-corrected chi connectivity index (χ4v) is 1.18. The molecule has 0 aromatic carbocycles. The maximum Gasteiger partial charge on any atom is 0.0973 e. The molecule has 2 atom stereocenters. The number of rotatable bonds is 6. The van der Waals surface area contributed by atoms with Crippen LogP contribution in [-0.4, -0.2) is 12.2 Å². The predicted molar refractivity (Wildman–Crippen MR) is 67.9 cm³/mol. The number of allylic oxidation sites excluding steroid dienone is 2. The zero-order chi connectivity index (χ0) is 11.8. The summed E-state index contributed by atoms with van der Waals surface area (Å²) in [6.45, 7) is 15.6. The molecule has 0 radical (unpaired) electrons. The van der Waals surface area contributed by atoms with E-state index in [1.54, 1.807) is 0 Å². The Morgan fingerprint density at radius 3 is 1.47 bits per heavy atom. The standard InChI is InChI=1S/C14H22O/c1-7-11(5)13(9-3)15-14(10-4)12(6)8-2/h7-10,13-14H,3-4H2,1-2,5-6H3. The van der Waals surface area contributed by atoms with E-state index < -0.39 is 0 Å². The average molecular weight is 206 g/mol. The first kappa shape index (κ1) is 13.9. The van der Waals surface area contributed by atoms with Crippen LogP contribution in [0.15, 0.2) is 48.6 Å². The van der Waals surface area contributed by atoms with Gasteiger partial charge in [0.25, 0.3) is 0 Å². The Hall–Kier alpha value is -1.08. The van der Waals surface area contributed by atoms with Crippen molar-refractivity contribution < 1.29 is 4.74 Å². The molecular formula is C14H22O. The molecule has 84 valence electrons. The first-order chi connectivity index (χ1) is 7.10. The van der Waals surface area contributed by atoms with Crippen molar-refractivity contribution in [1.82, 2.24) is 0 Å². The Morgan fingerprint density at radius 2 is 1.27 bits per heavy atom. The lowest BCUT2D eigenvalue weighted by Gasteiger charge is -2.21. The molecule has 0 aromatic rings. The van der Waals surface area contributed by atoms with Crippen LogP contribution in [0.4, 0.5) is 0 Å². The van der Waals surface area contributed by atoms with E-state index in [9.17, 15) is 0 Å². The summed E-state index contributed by atoms with van der Waals surface area (Å²) in [6.07, 6.45) is 7.64. The van der Waals surface area contributed by atoms with Gasteiger partial charge in [0.15, 0.2) is 0 Å². The summed E-state index contributed by atoms with van der Waals surface area (Å²) in [4.78, 5) is 0. The third-order valence-corrected chi connectivity index (χ3v) is 2.53. The Bertz CT molecular complexity index is 243. The highest BCUT2D eigenvalue weighted by atomic mass is 16.5. The van der Waals surface area contributed by atoms with E-state index in [4.69, 9.17) is 4.74 Å². The summed E-state index contributed by atoms with van der Waals surface area (Å²) >= 11 is 0. The second kappa shape index (κ2) is 7.24. The summed E-state index contributed by atoms with van der Waals surface area (Å²) < 4.78 is 5.88. The molecule has 15 heavy (non-hydrogen) atoms. The summed E-state index contributed by atoms with van der Waals surface area (Å²) in [6, 6.07) is 0. The summed E-state index contributed by atoms with van der Waals surface area (Å²) in [5, 5.41) is 0. The first-order valence-electron chi connectivity index (χ1n) is 5.26. The lowest BCUT2D eigenvalue weighted by atomic mass is 10.1. The van der Waals surface area contributed by atoms with Crippen molar-refractivity contribution in [2.75, 3.05) is 0 Å². The summed E-state index contributed by atoms with van der Waals surface area (Å²) in [5.74, 6) is 0. The van der Waals surface area contributed by atoms with Gasteiger partial charge in [0.1, 0.15) is 0 Å². The maximum absolute atomic E-state index is 5.88. The second-order valence-electron chi connectivity index (χ2n) is 3.51. The first-order valence-corrected chi connectivity index (χ1v) is 5.26. The largest absolute Gasteiger partial charge is 0.358 e. The summed E-state index contributed by atoms with van der Waals surface area (Å²) in [7, 11) is 0. The molecule has 0 aliphatic heterocycles. The molecule has 0 heterocycles. The van der Waals surface area contributed by atoms with E-state index in [1.807, 2.05) is 52.0 Å². The van der Waals surface area contributed by atoms with Crippen molar-refractivity contribution in [2.24, 2.45) is 0 Å². The minimum absolute atomic E-state index is 0.0344. The number of ether oxygens (including phenoxy) is 1. The van der Waals surface area contributed by atoms with Crippen LogP contribution in [0.2, 0.25) is 0 Å². The van der Waals surface area contributed by atoms with Crippen LogP contribution >= 0.6 is 0 Å². The van der Waals surface area contributed by atoms with Crippen LogP contribution in [0.3, 0.4) is 0 Å². The van der Waals surface area contributed by atoms with Gasteiger partial charge in [-0.25, -0.2) is 0 Å². The van der Waals surface area contributed by atoms with Gasteiger partial charge in [-0.3, -0.25) is 0 Å². The van der Waals surface area contributed by atoms with Gasteiger partial charge in [0.2, 0.25) is 0 Å². The number of hydrogen-bond acceptors (Lipinski definition) is 1. The SMILES string of the molecule is C=CC(OC(C=C)C(C)=CC)C(C)=CC. The van der Waals surface area contributed by atoms with Crippen molar-refractivity contribution in [3.05, 3.63) is 48.6 Å². The highest BCUT2D eigenvalue weighted by Crippen LogP contribution is 2.15. The molecule has 0 aliphatic rings. The lowest BCUT2D eigenvalue weighted by Crippen LogP contribution is -2.20. The minimum atomic E-state index is -0.0344. The molecule has 2 unspecified atom stereocenters. The monoisotopic (exact) mass is 206 g/mol. The Labute approximate surface area is 93.8 Å². The third kappa shape index (κ3) is 4.30. The zero-order valence-electron chi connectivity index (χ0n) is 10.3. The average Bonchev–Trinajstić information content (AvgIpc) is 2.28. The highest BCUT2D eigenvalue weighted by Gasteiger charge is 2.13. The van der Waals surface area contributed by atoms with Gasteiger partial charge in [-0.2, -0.15) is 0 Å². The molecule has 1 nitrogen and oxygen atoms in total. The van der Waals surface area contributed by atoms with E-state index in [0.29, 0.717) is 0 Å². The fourth-order valence-electron chi connectivity index (χ4n) is 1.18. The third-order valence-electron chi connectivity index (χ3n) is 2.53. The van der Waals surface area contributed by atoms with Crippen LogP contribution in [0.25, 0.3) is 0 Å². The van der Waals surface area contributed by atoms with Gasteiger partial charge in [-0.05, 0) is 38.8 Å². The van der Waals surface area contributed by atoms with Crippen LogP contribution in [0.5, 0.6) is 0 Å². The lowest BCUT2D eigenvalue weighted by molar-refractivity contribution is 0.0828. The molecule has 0 spiro atoms. The number of hydrogen-bond donors (Lipinski definition) is 0. The zero-order valence-corrected chi connectivity index (χ0v) is 10.3. The fraction of sp³-hybridized carbons (Fsp3) is 0.429. The molecular weight excluding hydrogens is 184 g/mol. The van der Waals surface area contributed by atoms with E-state index in [1.165, 1.54) is 11.1 Å². The van der Waals surface area contributed by atoms with Gasteiger partial charge < -0.3 is 4.74 Å². The Morgan fingerprint density at radius 1 is 0.933 bits per heavy atom. The minimum Gasteiger partial charge on any atom is -0.358 e. The van der Waals surface area contributed by atoms with E-state index in [2.05, 4.69) is 13.2 Å². The topological polar surface area (TPSA) is 9.23 Å². The van der Waals surface area contributed by atoms with Crippen LogP contribution in [0.1, 0.15) is 27.7 Å². The van der Waals surface area contributed by atoms with Crippen LogP contribution < -0.4 is 0 Å². The smallest absolute Gasteiger partial charge is 0.0973 e. The normalized spacial score (nSPS) is 17.1. The quantitative estimate of drug-likeness (QED) is 0.596. The van der Waals surface area contributed by atoms with Gasteiger partial charge in [-0.15, -0.1) is 13.2 Å². The van der Waals surface area contributed by atoms with Crippen molar-refractivity contribution in [1.29, 1.82) is 0 Å². The van der Waals surface area contributed by atoms with E-state index in [-0.39, 0.29) is 12.2 Å². The molecule has 0 amide bonds. The molecule has 0 saturated heterocycles. The summed E-state index contributed by atoms with van der Waals surface area (Å²) in [5.41, 5.74) is 2.33. The molecule has 0 bridgehead atoms. The van der Waals surface area contributed by atoms with Gasteiger partial charge >= 0.3 is 0 Å². The second-order valence-corrected chi connectivity index (χ2v) is 3.51. The van der Waals surface area contributed by atoms with E-state index in [0.717, 1.165) is 0 Å². The van der Waals surface area contributed by atoms with Gasteiger partial charge in [0.05, 0.1) is 12.2 Å². The van der Waals surface area contributed by atoms with E-state index >= 15 is 0 Å².